The Hall–Kier alpha value is -2.04. The van der Waals surface area contributed by atoms with Crippen molar-refractivity contribution < 1.29 is 19.4 Å². The molecule has 1 amide bonds. The number of benzene rings is 1. The molecule has 1 aromatic carbocycles. The third-order valence-electron chi connectivity index (χ3n) is 4.92. The number of carbonyl (C=O) groups excluding carboxylic acids is 2. The van der Waals surface area contributed by atoms with Gasteiger partial charge in [0, 0.05) is 11.6 Å². The first-order chi connectivity index (χ1) is 9.63. The first-order valence-electron chi connectivity index (χ1n) is 6.94. The van der Waals surface area contributed by atoms with Gasteiger partial charge in [-0.1, -0.05) is 0 Å². The summed E-state index contributed by atoms with van der Waals surface area (Å²) in [6.07, 6.45) is 1.80. The second-order valence-electron chi connectivity index (χ2n) is 5.96. The van der Waals surface area contributed by atoms with E-state index in [9.17, 15) is 14.7 Å². The Bertz CT molecular complexity index is 580. The van der Waals surface area contributed by atoms with Crippen molar-refractivity contribution in [3.8, 4) is 5.75 Å². The van der Waals surface area contributed by atoms with Crippen molar-refractivity contribution in [1.29, 1.82) is 0 Å². The molecular formula is C15H15NO4. The van der Waals surface area contributed by atoms with E-state index in [1.54, 1.807) is 12.1 Å². The molecule has 104 valence electrons. The smallest absolute Gasteiger partial charge is 0.310 e. The lowest BCUT2D eigenvalue weighted by Crippen LogP contribution is -2.35. The summed E-state index contributed by atoms with van der Waals surface area (Å²) >= 11 is 0. The molecule has 0 aromatic heterocycles. The summed E-state index contributed by atoms with van der Waals surface area (Å²) in [5.74, 6) is -0.168. The van der Waals surface area contributed by atoms with Gasteiger partial charge in [-0.25, -0.2) is 0 Å². The molecule has 0 spiro atoms. The van der Waals surface area contributed by atoms with Gasteiger partial charge < -0.3 is 15.2 Å². The number of nitrogens with one attached hydrogen (secondary N) is 1. The van der Waals surface area contributed by atoms with E-state index in [0.717, 1.165) is 12.8 Å². The molecule has 1 heterocycles. The fraction of sp³-hybridized carbons (Fsp3) is 0.467. The second kappa shape index (κ2) is 3.98. The number of anilines is 1. The number of hydrogen-bond donors (Lipinski definition) is 2. The minimum Gasteiger partial charge on any atom is -0.508 e. The number of phenols is 1. The van der Waals surface area contributed by atoms with Crippen LogP contribution < -0.4 is 5.32 Å². The van der Waals surface area contributed by atoms with Crippen LogP contribution in [0.3, 0.4) is 0 Å². The molecule has 2 saturated carbocycles. The van der Waals surface area contributed by atoms with E-state index in [0.29, 0.717) is 5.69 Å². The third kappa shape index (κ3) is 1.55. The van der Waals surface area contributed by atoms with Crippen LogP contribution in [0.2, 0.25) is 0 Å². The van der Waals surface area contributed by atoms with Gasteiger partial charge >= 0.3 is 5.97 Å². The fourth-order valence-electron chi connectivity index (χ4n) is 4.13. The third-order valence-corrected chi connectivity index (χ3v) is 4.92. The van der Waals surface area contributed by atoms with E-state index in [-0.39, 0.29) is 47.4 Å². The number of ether oxygens (including phenoxy) is 1. The molecule has 2 aliphatic carbocycles. The zero-order valence-corrected chi connectivity index (χ0v) is 10.8. The van der Waals surface area contributed by atoms with E-state index in [4.69, 9.17) is 4.74 Å². The van der Waals surface area contributed by atoms with Gasteiger partial charge in [0.25, 0.3) is 0 Å². The van der Waals surface area contributed by atoms with Crippen LogP contribution in [0.1, 0.15) is 12.8 Å². The summed E-state index contributed by atoms with van der Waals surface area (Å²) < 4.78 is 5.33. The van der Waals surface area contributed by atoms with Crippen molar-refractivity contribution in [2.24, 2.45) is 23.7 Å². The summed E-state index contributed by atoms with van der Waals surface area (Å²) in [6.45, 7) is 0. The first-order valence-corrected chi connectivity index (χ1v) is 6.94. The van der Waals surface area contributed by atoms with E-state index >= 15 is 0 Å². The average Bonchev–Trinajstić information content (AvgIpc) is 3.02. The molecule has 20 heavy (non-hydrogen) atoms. The van der Waals surface area contributed by atoms with Gasteiger partial charge in [-0.3, -0.25) is 9.59 Å². The molecule has 5 heteroatoms. The molecule has 5 atom stereocenters. The Morgan fingerprint density at radius 2 is 2.00 bits per heavy atom. The van der Waals surface area contributed by atoms with Crippen LogP contribution in [0.4, 0.5) is 5.69 Å². The number of fused-ring (bicyclic) bond motifs is 1. The Balaban J connectivity index is 1.54. The summed E-state index contributed by atoms with van der Waals surface area (Å²) in [4.78, 5) is 24.3. The Labute approximate surface area is 115 Å². The van der Waals surface area contributed by atoms with Crippen LogP contribution in [-0.4, -0.2) is 23.1 Å². The van der Waals surface area contributed by atoms with Crippen LogP contribution >= 0.6 is 0 Å². The van der Waals surface area contributed by atoms with Gasteiger partial charge in [-0.2, -0.15) is 0 Å². The summed E-state index contributed by atoms with van der Waals surface area (Å²) in [6, 6.07) is 6.35. The first kappa shape index (κ1) is 11.8. The Morgan fingerprint density at radius 3 is 2.75 bits per heavy atom. The topological polar surface area (TPSA) is 75.6 Å². The molecule has 1 aliphatic heterocycles. The molecule has 4 rings (SSSR count). The molecular weight excluding hydrogens is 258 g/mol. The molecule has 3 aliphatic rings. The number of aromatic hydroxyl groups is 1. The fourth-order valence-corrected chi connectivity index (χ4v) is 4.13. The van der Waals surface area contributed by atoms with E-state index in [1.165, 1.54) is 12.1 Å². The Morgan fingerprint density at radius 1 is 1.25 bits per heavy atom. The highest BCUT2D eigenvalue weighted by Gasteiger charge is 2.63. The predicted octanol–water partition coefficient (Wildman–Crippen LogP) is 1.53. The van der Waals surface area contributed by atoms with Crippen molar-refractivity contribution in [2.45, 2.75) is 18.9 Å². The van der Waals surface area contributed by atoms with Crippen molar-refractivity contribution in [2.75, 3.05) is 5.32 Å². The molecule has 3 fully saturated rings. The molecule has 2 N–H and O–H groups in total. The molecule has 1 saturated heterocycles. The van der Waals surface area contributed by atoms with Gasteiger partial charge in [-0.05, 0) is 43.0 Å². The van der Waals surface area contributed by atoms with Gasteiger partial charge in [-0.15, -0.1) is 0 Å². The van der Waals surface area contributed by atoms with Gasteiger partial charge in [0.05, 0.1) is 11.8 Å². The number of amides is 1. The number of phenolic OH excluding ortho intramolecular Hbond substituents is 1. The van der Waals surface area contributed by atoms with Crippen molar-refractivity contribution >= 4 is 17.6 Å². The summed E-state index contributed by atoms with van der Waals surface area (Å²) in [5, 5.41) is 12.1. The zero-order valence-electron chi connectivity index (χ0n) is 10.8. The van der Waals surface area contributed by atoms with Crippen molar-refractivity contribution in [3.63, 3.8) is 0 Å². The van der Waals surface area contributed by atoms with Crippen molar-refractivity contribution in [1.82, 2.24) is 0 Å². The van der Waals surface area contributed by atoms with Crippen molar-refractivity contribution in [3.05, 3.63) is 24.3 Å². The van der Waals surface area contributed by atoms with Crippen LogP contribution in [0.15, 0.2) is 24.3 Å². The Kier molecular flexibility index (Phi) is 2.34. The standard InChI is InChI=1S/C15H15NO4/c17-9-3-1-8(2-4-9)16-14(18)12-7-5-10-11(6-7)20-15(19)13(10)12/h1-4,7,10-13,17H,5-6H2,(H,16,18). The van der Waals surface area contributed by atoms with Gasteiger partial charge in [0.1, 0.15) is 11.9 Å². The lowest BCUT2D eigenvalue weighted by atomic mass is 9.79. The van der Waals surface area contributed by atoms with Gasteiger partial charge in [0.15, 0.2) is 0 Å². The number of esters is 1. The lowest BCUT2D eigenvalue weighted by Gasteiger charge is -2.23. The van der Waals surface area contributed by atoms with E-state index < -0.39 is 0 Å². The lowest BCUT2D eigenvalue weighted by molar-refractivity contribution is -0.145. The molecule has 0 radical (unpaired) electrons. The number of hydrogen-bond acceptors (Lipinski definition) is 4. The summed E-state index contributed by atoms with van der Waals surface area (Å²) in [7, 11) is 0. The molecule has 5 nitrogen and oxygen atoms in total. The monoisotopic (exact) mass is 273 g/mol. The largest absolute Gasteiger partial charge is 0.508 e. The van der Waals surface area contributed by atoms with E-state index in [2.05, 4.69) is 5.32 Å². The highest BCUT2D eigenvalue weighted by Crippen LogP contribution is 2.57. The normalized spacial score (nSPS) is 37.0. The number of rotatable bonds is 2. The zero-order chi connectivity index (χ0) is 13.9. The maximum absolute atomic E-state index is 12.4. The number of carbonyl (C=O) groups is 2. The van der Waals surface area contributed by atoms with E-state index in [1.807, 2.05) is 0 Å². The minimum absolute atomic E-state index is 0.0511. The molecule has 2 bridgehead atoms. The maximum atomic E-state index is 12.4. The maximum Gasteiger partial charge on any atom is 0.310 e. The van der Waals surface area contributed by atoms with Gasteiger partial charge in [0.2, 0.25) is 5.91 Å². The molecule has 1 aromatic rings. The highest BCUT2D eigenvalue weighted by atomic mass is 16.6. The molecule has 5 unspecified atom stereocenters. The average molecular weight is 273 g/mol. The highest BCUT2D eigenvalue weighted by molar-refractivity contribution is 5.96. The van der Waals surface area contributed by atoms with Crippen LogP contribution in [0.5, 0.6) is 5.75 Å². The second-order valence-corrected chi connectivity index (χ2v) is 5.96. The summed E-state index contributed by atoms with van der Waals surface area (Å²) in [5.41, 5.74) is 0.637. The van der Waals surface area contributed by atoms with Crippen LogP contribution in [-0.2, 0) is 14.3 Å². The van der Waals surface area contributed by atoms with Crippen LogP contribution in [0.25, 0.3) is 0 Å². The van der Waals surface area contributed by atoms with Crippen LogP contribution in [0, 0.1) is 23.7 Å². The SMILES string of the molecule is O=C(Nc1ccc(O)cc1)C1C2CC3OC(=O)C1C3C2. The minimum atomic E-state index is -0.264. The predicted molar refractivity (Wildman–Crippen MR) is 69.8 cm³/mol. The quantitative estimate of drug-likeness (QED) is 0.633.